The highest BCUT2D eigenvalue weighted by atomic mass is 35.5. The Bertz CT molecular complexity index is 127. The molecule has 0 nitrogen and oxygen atoms in total. The average molecular weight is 129 g/mol. The normalized spacial score (nSPS) is 17.4. The van der Waals surface area contributed by atoms with Crippen LogP contribution in [-0.4, -0.2) is 0 Å². The summed E-state index contributed by atoms with van der Waals surface area (Å²) in [7, 11) is 0. The Morgan fingerprint density at radius 3 is 2.38 bits per heavy atom. The fraction of sp³-hybridized carbons (Fsp3) is 0.429. The fourth-order valence-corrected chi connectivity index (χ4v) is 0.926. The molecular formula is C7H9Cl. The lowest BCUT2D eigenvalue weighted by Gasteiger charge is -2.16. The van der Waals surface area contributed by atoms with Gasteiger partial charge in [-0.1, -0.05) is 29.8 Å². The predicted molar refractivity (Wildman–Crippen MR) is 36.9 cm³/mol. The van der Waals surface area contributed by atoms with E-state index in [9.17, 15) is 0 Å². The number of allylic oxidation sites excluding steroid dienone is 3. The van der Waals surface area contributed by atoms with Gasteiger partial charge in [0.1, 0.15) is 0 Å². The number of rotatable bonds is 1. The Morgan fingerprint density at radius 2 is 2.25 bits per heavy atom. The van der Waals surface area contributed by atoms with Crippen LogP contribution in [0.4, 0.5) is 0 Å². The van der Waals surface area contributed by atoms with Crippen LogP contribution in [0.25, 0.3) is 0 Å². The van der Waals surface area contributed by atoms with Gasteiger partial charge in [-0.25, -0.2) is 0 Å². The highest BCUT2D eigenvalue weighted by Crippen LogP contribution is 2.30. The summed E-state index contributed by atoms with van der Waals surface area (Å²) >= 11 is 5.73. The second kappa shape index (κ2) is 2.36. The summed E-state index contributed by atoms with van der Waals surface area (Å²) in [4.78, 5) is 0. The number of hydrogen-bond acceptors (Lipinski definition) is 0. The molecule has 0 aromatic rings. The van der Waals surface area contributed by atoms with Crippen molar-refractivity contribution in [1.29, 1.82) is 0 Å². The average Bonchev–Trinajstić information content (AvgIpc) is 1.62. The zero-order valence-corrected chi connectivity index (χ0v) is 5.54. The molecule has 0 aliphatic heterocycles. The third-order valence-corrected chi connectivity index (χ3v) is 1.90. The molecule has 0 heterocycles. The molecule has 1 rings (SSSR count). The Balaban J connectivity index is 2.60. The third kappa shape index (κ3) is 0.948. The number of halogens is 1. The molecule has 0 atom stereocenters. The van der Waals surface area contributed by atoms with Crippen LogP contribution in [0.5, 0.6) is 0 Å². The molecule has 0 aromatic heterocycles. The molecule has 8 heavy (non-hydrogen) atoms. The minimum absolute atomic E-state index is 0.872. The first-order valence-corrected chi connectivity index (χ1v) is 3.22. The van der Waals surface area contributed by atoms with E-state index in [4.69, 9.17) is 11.6 Å². The van der Waals surface area contributed by atoms with Crippen molar-refractivity contribution < 1.29 is 0 Å². The summed E-state index contributed by atoms with van der Waals surface area (Å²) in [6.45, 7) is 3.57. The van der Waals surface area contributed by atoms with E-state index >= 15 is 0 Å². The molecule has 0 saturated heterocycles. The van der Waals surface area contributed by atoms with E-state index in [0.717, 1.165) is 5.03 Å². The van der Waals surface area contributed by atoms with Gasteiger partial charge in [0.2, 0.25) is 0 Å². The van der Waals surface area contributed by atoms with E-state index in [1.165, 1.54) is 24.8 Å². The van der Waals surface area contributed by atoms with Crippen LogP contribution in [-0.2, 0) is 0 Å². The standard InChI is InChI=1S/C7H9Cl/c1-2-7(8)6-4-3-5-6/h2H,1,3-5H2. The van der Waals surface area contributed by atoms with E-state index in [1.807, 2.05) is 0 Å². The van der Waals surface area contributed by atoms with Crippen molar-refractivity contribution in [1.82, 2.24) is 0 Å². The maximum atomic E-state index is 5.73. The largest absolute Gasteiger partial charge is 0.0976 e. The van der Waals surface area contributed by atoms with Gasteiger partial charge in [-0.3, -0.25) is 0 Å². The second-order valence-corrected chi connectivity index (χ2v) is 2.42. The zero-order valence-electron chi connectivity index (χ0n) is 4.78. The van der Waals surface area contributed by atoms with E-state index < -0.39 is 0 Å². The molecule has 44 valence electrons. The molecule has 0 bridgehead atoms. The van der Waals surface area contributed by atoms with Gasteiger partial charge in [0, 0.05) is 5.03 Å². The van der Waals surface area contributed by atoms with Gasteiger partial charge in [-0.05, 0) is 19.3 Å². The Hall–Kier alpha value is -0.230. The third-order valence-electron chi connectivity index (χ3n) is 1.47. The van der Waals surface area contributed by atoms with Crippen LogP contribution < -0.4 is 0 Å². The van der Waals surface area contributed by atoms with Crippen LogP contribution in [0.2, 0.25) is 0 Å². The van der Waals surface area contributed by atoms with Crippen LogP contribution in [0.1, 0.15) is 19.3 Å². The molecule has 1 aliphatic rings. The molecule has 1 saturated carbocycles. The van der Waals surface area contributed by atoms with Gasteiger partial charge in [0.15, 0.2) is 0 Å². The van der Waals surface area contributed by atoms with Gasteiger partial charge in [-0.2, -0.15) is 0 Å². The molecule has 0 spiro atoms. The summed E-state index contributed by atoms with van der Waals surface area (Å²) in [5, 5.41) is 0.872. The van der Waals surface area contributed by atoms with Gasteiger partial charge in [-0.15, -0.1) is 0 Å². The van der Waals surface area contributed by atoms with Crippen molar-refractivity contribution in [3.8, 4) is 0 Å². The lowest BCUT2D eigenvalue weighted by Crippen LogP contribution is -1.97. The van der Waals surface area contributed by atoms with Crippen molar-refractivity contribution in [2.75, 3.05) is 0 Å². The first-order valence-electron chi connectivity index (χ1n) is 2.84. The summed E-state index contributed by atoms with van der Waals surface area (Å²) in [5.74, 6) is 0. The molecule has 0 amide bonds. The SMILES string of the molecule is C=CC(Cl)=C1CCC1. The topological polar surface area (TPSA) is 0 Å². The van der Waals surface area contributed by atoms with Crippen molar-refractivity contribution >= 4 is 11.6 Å². The molecule has 0 radical (unpaired) electrons. The van der Waals surface area contributed by atoms with Crippen LogP contribution in [0, 0.1) is 0 Å². The van der Waals surface area contributed by atoms with Crippen LogP contribution in [0.3, 0.4) is 0 Å². The highest BCUT2D eigenvalue weighted by Gasteiger charge is 2.10. The van der Waals surface area contributed by atoms with Gasteiger partial charge in [0.25, 0.3) is 0 Å². The monoisotopic (exact) mass is 128 g/mol. The molecule has 0 aromatic carbocycles. The fourth-order valence-electron chi connectivity index (χ4n) is 0.737. The molecule has 0 N–H and O–H groups in total. The minimum Gasteiger partial charge on any atom is -0.0976 e. The summed E-state index contributed by atoms with van der Waals surface area (Å²) < 4.78 is 0. The highest BCUT2D eigenvalue weighted by molar-refractivity contribution is 6.31. The number of hydrogen-bond donors (Lipinski definition) is 0. The molecule has 1 aliphatic carbocycles. The predicted octanol–water partition coefficient (Wildman–Crippen LogP) is 2.85. The summed E-state index contributed by atoms with van der Waals surface area (Å²) in [6.07, 6.45) is 5.39. The molecule has 1 heteroatoms. The smallest absolute Gasteiger partial charge is 0.0392 e. The molecular weight excluding hydrogens is 120 g/mol. The summed E-state index contributed by atoms with van der Waals surface area (Å²) in [6, 6.07) is 0. The van der Waals surface area contributed by atoms with Crippen molar-refractivity contribution in [3.63, 3.8) is 0 Å². The quantitative estimate of drug-likeness (QED) is 0.510. The van der Waals surface area contributed by atoms with Crippen molar-refractivity contribution in [3.05, 3.63) is 23.3 Å². The zero-order chi connectivity index (χ0) is 5.98. The lowest BCUT2D eigenvalue weighted by atomic mass is 9.92. The lowest BCUT2D eigenvalue weighted by molar-refractivity contribution is 0.660. The van der Waals surface area contributed by atoms with Gasteiger partial charge >= 0.3 is 0 Å². The second-order valence-electron chi connectivity index (χ2n) is 2.01. The van der Waals surface area contributed by atoms with E-state index in [1.54, 1.807) is 6.08 Å². The maximum absolute atomic E-state index is 5.73. The minimum atomic E-state index is 0.872. The van der Waals surface area contributed by atoms with E-state index in [-0.39, 0.29) is 0 Å². The van der Waals surface area contributed by atoms with Gasteiger partial charge < -0.3 is 0 Å². The first-order chi connectivity index (χ1) is 3.84. The Morgan fingerprint density at radius 1 is 1.62 bits per heavy atom. The van der Waals surface area contributed by atoms with Gasteiger partial charge in [0.05, 0.1) is 0 Å². The molecule has 1 fully saturated rings. The van der Waals surface area contributed by atoms with Crippen LogP contribution >= 0.6 is 11.6 Å². The first kappa shape index (κ1) is 5.90. The van der Waals surface area contributed by atoms with E-state index in [0.29, 0.717) is 0 Å². The van der Waals surface area contributed by atoms with Crippen LogP contribution in [0.15, 0.2) is 23.3 Å². The maximum Gasteiger partial charge on any atom is 0.0392 e. The van der Waals surface area contributed by atoms with E-state index in [2.05, 4.69) is 6.58 Å². The van der Waals surface area contributed by atoms with Crippen molar-refractivity contribution in [2.24, 2.45) is 0 Å². The Kier molecular flexibility index (Phi) is 1.74. The summed E-state index contributed by atoms with van der Waals surface area (Å²) in [5.41, 5.74) is 1.38. The Labute approximate surface area is 54.8 Å². The van der Waals surface area contributed by atoms with Crippen molar-refractivity contribution in [2.45, 2.75) is 19.3 Å². The molecule has 0 unspecified atom stereocenters.